The van der Waals surface area contributed by atoms with Gasteiger partial charge in [0.2, 0.25) is 5.91 Å². The molecule has 286 valence electrons. The van der Waals surface area contributed by atoms with Gasteiger partial charge in [-0.1, -0.05) is 35.3 Å². The van der Waals surface area contributed by atoms with Crippen molar-refractivity contribution >= 4 is 29.1 Å². The number of nitrogens with two attached hydrogens (primary N) is 1. The molecule has 0 aromatic heterocycles. The zero-order valence-corrected chi connectivity index (χ0v) is 30.1. The minimum atomic E-state index is -4.33. The van der Waals surface area contributed by atoms with Crippen molar-refractivity contribution in [2.24, 2.45) is 11.7 Å². The lowest BCUT2D eigenvalue weighted by Gasteiger charge is -2.27. The van der Waals surface area contributed by atoms with Crippen LogP contribution in [0.2, 0.25) is 10.0 Å². The molecule has 1 aliphatic carbocycles. The molecule has 1 amide bonds. The molecule has 0 spiro atoms. The fourth-order valence-electron chi connectivity index (χ4n) is 5.42. The summed E-state index contributed by atoms with van der Waals surface area (Å²) < 4.78 is 98.4. The predicted molar refractivity (Wildman–Crippen MR) is 186 cm³/mol. The molecule has 0 bridgehead atoms. The first-order chi connectivity index (χ1) is 24.6. The van der Waals surface area contributed by atoms with E-state index in [0.29, 0.717) is 33.5 Å². The summed E-state index contributed by atoms with van der Waals surface area (Å²) in [6.45, 7) is 2.08. The van der Waals surface area contributed by atoms with Gasteiger partial charge in [-0.2, -0.15) is 26.3 Å². The van der Waals surface area contributed by atoms with Gasteiger partial charge in [-0.3, -0.25) is 4.79 Å². The number of hydrogen-bond acceptors (Lipinski definition) is 6. The van der Waals surface area contributed by atoms with Crippen LogP contribution < -0.4 is 24.7 Å². The summed E-state index contributed by atoms with van der Waals surface area (Å²) in [7, 11) is 0. The second-order valence-corrected chi connectivity index (χ2v) is 13.5. The Morgan fingerprint density at radius 2 is 1.29 bits per heavy atom. The molecular weight excluding hydrogens is 737 g/mol. The molecule has 1 fully saturated rings. The van der Waals surface area contributed by atoms with Crippen molar-refractivity contribution in [2.75, 3.05) is 33.0 Å². The monoisotopic (exact) mass is 778 g/mol. The average Bonchev–Trinajstić information content (AvgIpc) is 3.91. The maximum atomic E-state index is 13.9. The SMILES string of the molecule is Cc1cc(Cl)c(OCCOc2ccc(CC(CN)C(=O)N(Cc3cc(OCCCC(F)(F)F)cc(OCCCC(F)(F)F)c3)C3CC3)cc2)c(Cl)c1. The summed E-state index contributed by atoms with van der Waals surface area (Å²) in [6, 6.07) is 15.4. The number of carbonyl (C=O) groups excluding carboxylic acids is 1. The van der Waals surface area contributed by atoms with E-state index in [1.807, 2.05) is 19.1 Å². The molecule has 0 saturated heterocycles. The summed E-state index contributed by atoms with van der Waals surface area (Å²) in [5.41, 5.74) is 8.45. The van der Waals surface area contributed by atoms with E-state index in [1.54, 1.807) is 41.3 Å². The van der Waals surface area contributed by atoms with Crippen LogP contribution in [0.15, 0.2) is 54.6 Å². The maximum Gasteiger partial charge on any atom is 0.389 e. The molecule has 2 N–H and O–H groups in total. The lowest BCUT2D eigenvalue weighted by Crippen LogP contribution is -2.41. The van der Waals surface area contributed by atoms with E-state index in [9.17, 15) is 31.1 Å². The smallest absolute Gasteiger partial charge is 0.389 e. The van der Waals surface area contributed by atoms with E-state index < -0.39 is 31.1 Å². The molecule has 52 heavy (non-hydrogen) atoms. The highest BCUT2D eigenvalue weighted by atomic mass is 35.5. The third-order valence-corrected chi connectivity index (χ3v) is 8.65. The van der Waals surface area contributed by atoms with E-state index in [0.717, 1.165) is 24.0 Å². The molecule has 1 aliphatic rings. The Bertz CT molecular complexity index is 1540. The van der Waals surface area contributed by atoms with Crippen molar-refractivity contribution in [3.8, 4) is 23.0 Å². The predicted octanol–water partition coefficient (Wildman–Crippen LogP) is 9.51. The molecule has 0 heterocycles. The Morgan fingerprint density at radius 1 is 0.769 bits per heavy atom. The quantitative estimate of drug-likeness (QED) is 0.0910. The number of aryl methyl sites for hydroxylation is 1. The summed E-state index contributed by atoms with van der Waals surface area (Å²) in [4.78, 5) is 15.6. The topological polar surface area (TPSA) is 83.3 Å². The van der Waals surface area contributed by atoms with E-state index in [-0.39, 0.29) is 75.8 Å². The fraction of sp³-hybridized carbons (Fsp3) is 0.486. The first-order valence-electron chi connectivity index (χ1n) is 16.9. The van der Waals surface area contributed by atoms with Crippen LogP contribution in [0.1, 0.15) is 55.2 Å². The first kappa shape index (κ1) is 41.2. The molecule has 4 rings (SSSR count). The van der Waals surface area contributed by atoms with Crippen LogP contribution in [0.5, 0.6) is 23.0 Å². The summed E-state index contributed by atoms with van der Waals surface area (Å²) in [6.07, 6.45) is -9.33. The number of ether oxygens (including phenoxy) is 4. The third kappa shape index (κ3) is 14.1. The number of benzene rings is 3. The minimum absolute atomic E-state index is 0.0308. The fourth-order valence-corrected chi connectivity index (χ4v) is 6.13. The van der Waals surface area contributed by atoms with Gasteiger partial charge in [0.05, 0.1) is 29.2 Å². The van der Waals surface area contributed by atoms with Crippen molar-refractivity contribution in [2.45, 2.75) is 76.8 Å². The molecule has 1 atom stereocenters. The Labute approximate surface area is 309 Å². The number of hydrogen-bond donors (Lipinski definition) is 1. The Morgan fingerprint density at radius 3 is 1.79 bits per heavy atom. The lowest BCUT2D eigenvalue weighted by atomic mass is 9.97. The maximum absolute atomic E-state index is 13.9. The van der Waals surface area contributed by atoms with E-state index in [2.05, 4.69) is 0 Å². The van der Waals surface area contributed by atoms with Crippen molar-refractivity contribution < 1.29 is 50.1 Å². The van der Waals surface area contributed by atoms with E-state index in [1.165, 1.54) is 6.07 Å². The Kier molecular flexibility index (Phi) is 15.0. The lowest BCUT2D eigenvalue weighted by molar-refractivity contribution is -0.137. The number of rotatable bonds is 20. The van der Waals surface area contributed by atoms with Crippen molar-refractivity contribution in [1.82, 2.24) is 4.90 Å². The molecular formula is C37H42Cl2F6N2O5. The molecule has 3 aromatic rings. The number of amides is 1. The van der Waals surface area contributed by atoms with Gasteiger partial charge >= 0.3 is 12.4 Å². The second-order valence-electron chi connectivity index (χ2n) is 12.7. The van der Waals surface area contributed by atoms with Gasteiger partial charge < -0.3 is 29.6 Å². The van der Waals surface area contributed by atoms with Gasteiger partial charge in [0, 0.05) is 38.0 Å². The highest BCUT2D eigenvalue weighted by Crippen LogP contribution is 2.35. The van der Waals surface area contributed by atoms with Gasteiger partial charge in [0.15, 0.2) is 5.75 Å². The van der Waals surface area contributed by atoms with Gasteiger partial charge in [0.1, 0.15) is 30.5 Å². The van der Waals surface area contributed by atoms with Crippen molar-refractivity contribution in [1.29, 1.82) is 0 Å². The first-order valence-corrected chi connectivity index (χ1v) is 17.7. The third-order valence-electron chi connectivity index (χ3n) is 8.09. The van der Waals surface area contributed by atoms with Gasteiger partial charge in [-0.15, -0.1) is 0 Å². The molecule has 0 radical (unpaired) electrons. The highest BCUT2D eigenvalue weighted by molar-refractivity contribution is 6.37. The minimum Gasteiger partial charge on any atom is -0.493 e. The normalized spacial score (nSPS) is 13.8. The van der Waals surface area contributed by atoms with Crippen molar-refractivity contribution in [3.63, 3.8) is 0 Å². The van der Waals surface area contributed by atoms with E-state index >= 15 is 0 Å². The zero-order valence-electron chi connectivity index (χ0n) is 28.6. The summed E-state index contributed by atoms with van der Waals surface area (Å²) >= 11 is 12.5. The van der Waals surface area contributed by atoms with Gasteiger partial charge in [-0.25, -0.2) is 0 Å². The van der Waals surface area contributed by atoms with E-state index in [4.69, 9.17) is 47.9 Å². The van der Waals surface area contributed by atoms with Crippen LogP contribution in [0.4, 0.5) is 26.3 Å². The molecule has 1 unspecified atom stereocenters. The van der Waals surface area contributed by atoms with Gasteiger partial charge in [-0.05, 0) is 92.1 Å². The largest absolute Gasteiger partial charge is 0.493 e. The Balaban J connectivity index is 1.37. The highest BCUT2D eigenvalue weighted by Gasteiger charge is 2.36. The standard InChI is InChI=1S/C37H42Cl2F6N2O5/c1-24-16-32(38)34(33(39)17-24)52-15-14-51-29-8-4-25(5-9-29)18-27(22-46)35(48)47(28-6-7-28)23-26-19-30(49-12-2-10-36(40,41)42)21-31(20-26)50-13-3-11-37(43,44)45/h4-5,8-9,16-17,19-21,27-28H,2-3,6-7,10-15,18,22-23,46H2,1H3. The second kappa shape index (κ2) is 19.0. The number of halogens is 8. The van der Waals surface area contributed by atoms with Crippen LogP contribution >= 0.6 is 23.2 Å². The zero-order chi connectivity index (χ0) is 37.9. The van der Waals surface area contributed by atoms with Crippen LogP contribution in [-0.2, 0) is 17.8 Å². The summed E-state index contributed by atoms with van der Waals surface area (Å²) in [5, 5.41) is 0.827. The molecule has 3 aromatic carbocycles. The molecule has 7 nitrogen and oxygen atoms in total. The number of nitrogens with zero attached hydrogens (tertiary/aromatic N) is 1. The Hall–Kier alpha value is -3.55. The van der Waals surface area contributed by atoms with Gasteiger partial charge in [0.25, 0.3) is 0 Å². The van der Waals surface area contributed by atoms with Crippen LogP contribution in [0, 0.1) is 12.8 Å². The average molecular weight is 780 g/mol. The van der Waals surface area contributed by atoms with Crippen LogP contribution in [-0.4, -0.2) is 62.2 Å². The molecule has 15 heteroatoms. The molecule has 0 aliphatic heterocycles. The number of carbonyl (C=O) groups is 1. The number of alkyl halides is 6. The van der Waals surface area contributed by atoms with Crippen LogP contribution in [0.25, 0.3) is 0 Å². The summed E-state index contributed by atoms with van der Waals surface area (Å²) in [5.74, 6) is 0.659. The van der Waals surface area contributed by atoms with Crippen LogP contribution in [0.3, 0.4) is 0 Å². The molecule has 1 saturated carbocycles. The van der Waals surface area contributed by atoms with Crippen molar-refractivity contribution in [3.05, 3.63) is 81.3 Å².